The van der Waals surface area contributed by atoms with Gasteiger partial charge in [0.05, 0.1) is 12.2 Å². The average molecular weight is 254 g/mol. The third-order valence-electron chi connectivity index (χ3n) is 2.86. The fraction of sp³-hybridized carbons (Fsp3) is 0.571. The van der Waals surface area contributed by atoms with Gasteiger partial charge >= 0.3 is 0 Å². The molecule has 0 aliphatic carbocycles. The molecule has 1 aromatic carbocycles. The Hall–Kier alpha value is -1.10. The smallest absolute Gasteiger partial charge is 0.159 e. The summed E-state index contributed by atoms with van der Waals surface area (Å²) in [6.45, 7) is 4.27. The van der Waals surface area contributed by atoms with Crippen molar-refractivity contribution in [2.24, 2.45) is 0 Å². The van der Waals surface area contributed by atoms with Gasteiger partial charge in [0.2, 0.25) is 0 Å². The Bertz CT molecular complexity index is 359. The lowest BCUT2D eigenvalue weighted by Crippen LogP contribution is -2.29. The lowest BCUT2D eigenvalue weighted by atomic mass is 9.92. The van der Waals surface area contributed by atoms with Crippen LogP contribution in [0.1, 0.15) is 25.8 Å². The monoisotopic (exact) mass is 254 g/mol. The van der Waals surface area contributed by atoms with Crippen LogP contribution in [0, 0.1) is 0 Å². The maximum atomic E-state index is 10.5. The lowest BCUT2D eigenvalue weighted by Gasteiger charge is -2.27. The van der Waals surface area contributed by atoms with Crippen molar-refractivity contribution in [3.8, 4) is 5.75 Å². The molecule has 1 rings (SSSR count). The second-order valence-corrected chi connectivity index (χ2v) is 4.34. The van der Waals surface area contributed by atoms with Crippen LogP contribution in [-0.2, 0) is 15.1 Å². The summed E-state index contributed by atoms with van der Waals surface area (Å²) in [5.74, 6) is 0.752. The number of rotatable bonds is 7. The van der Waals surface area contributed by atoms with E-state index in [1.54, 1.807) is 21.1 Å². The van der Waals surface area contributed by atoms with E-state index < -0.39 is 11.9 Å². The molecule has 0 heterocycles. The first-order valence-electron chi connectivity index (χ1n) is 6.04. The summed E-state index contributed by atoms with van der Waals surface area (Å²) in [6, 6.07) is 7.44. The maximum Gasteiger partial charge on any atom is 0.159 e. The standard InChI is InChI=1S/C14H22O4/c1-5-18-12-8-6-7-11(9-12)14(2,15)10-13(16-3)17-4/h6-9,13,15H,5,10H2,1-4H3. The van der Waals surface area contributed by atoms with Gasteiger partial charge in [-0.1, -0.05) is 12.1 Å². The van der Waals surface area contributed by atoms with E-state index in [9.17, 15) is 5.11 Å². The highest BCUT2D eigenvalue weighted by Gasteiger charge is 2.28. The first-order valence-corrected chi connectivity index (χ1v) is 6.04. The summed E-state index contributed by atoms with van der Waals surface area (Å²) in [7, 11) is 3.11. The molecule has 1 aromatic rings. The number of methoxy groups -OCH3 is 2. The van der Waals surface area contributed by atoms with Gasteiger partial charge in [-0.05, 0) is 31.5 Å². The molecular weight excluding hydrogens is 232 g/mol. The van der Waals surface area contributed by atoms with Gasteiger partial charge in [0.25, 0.3) is 0 Å². The van der Waals surface area contributed by atoms with E-state index in [0.717, 1.165) is 11.3 Å². The molecule has 0 saturated heterocycles. The SMILES string of the molecule is CCOc1cccc(C(C)(O)CC(OC)OC)c1. The van der Waals surface area contributed by atoms with Crippen LogP contribution in [0.5, 0.6) is 5.75 Å². The zero-order valence-corrected chi connectivity index (χ0v) is 11.5. The number of ether oxygens (including phenoxy) is 3. The van der Waals surface area contributed by atoms with Gasteiger partial charge in [-0.3, -0.25) is 0 Å². The Labute approximate surface area is 108 Å². The third kappa shape index (κ3) is 3.98. The Morgan fingerprint density at radius 1 is 1.28 bits per heavy atom. The topological polar surface area (TPSA) is 47.9 Å². The van der Waals surface area contributed by atoms with Gasteiger partial charge < -0.3 is 19.3 Å². The van der Waals surface area contributed by atoms with Crippen LogP contribution in [0.25, 0.3) is 0 Å². The highest BCUT2D eigenvalue weighted by atomic mass is 16.7. The summed E-state index contributed by atoms with van der Waals surface area (Å²) in [4.78, 5) is 0. The quantitative estimate of drug-likeness (QED) is 0.758. The van der Waals surface area contributed by atoms with Crippen LogP contribution < -0.4 is 4.74 Å². The van der Waals surface area contributed by atoms with Crippen molar-refractivity contribution in [1.29, 1.82) is 0 Å². The molecule has 4 heteroatoms. The predicted molar refractivity (Wildman–Crippen MR) is 69.6 cm³/mol. The molecule has 0 spiro atoms. The van der Waals surface area contributed by atoms with Crippen molar-refractivity contribution < 1.29 is 19.3 Å². The molecular formula is C14H22O4. The molecule has 1 atom stereocenters. The molecule has 0 saturated carbocycles. The van der Waals surface area contributed by atoms with E-state index in [2.05, 4.69) is 0 Å². The molecule has 102 valence electrons. The van der Waals surface area contributed by atoms with Crippen molar-refractivity contribution in [1.82, 2.24) is 0 Å². The molecule has 0 radical (unpaired) electrons. The Kier molecular flexibility index (Phi) is 5.59. The van der Waals surface area contributed by atoms with E-state index in [1.807, 2.05) is 31.2 Å². The molecule has 1 N–H and O–H groups in total. The van der Waals surface area contributed by atoms with E-state index >= 15 is 0 Å². The molecule has 0 aromatic heterocycles. The number of hydrogen-bond acceptors (Lipinski definition) is 4. The minimum absolute atomic E-state index is 0.357. The number of hydrogen-bond donors (Lipinski definition) is 1. The number of aliphatic hydroxyl groups is 1. The van der Waals surface area contributed by atoms with Gasteiger partial charge in [0.1, 0.15) is 5.75 Å². The van der Waals surface area contributed by atoms with Gasteiger partial charge in [0.15, 0.2) is 6.29 Å². The second kappa shape index (κ2) is 6.73. The van der Waals surface area contributed by atoms with Crippen molar-refractivity contribution in [2.45, 2.75) is 32.2 Å². The van der Waals surface area contributed by atoms with Gasteiger partial charge in [-0.25, -0.2) is 0 Å². The molecule has 0 bridgehead atoms. The van der Waals surface area contributed by atoms with Gasteiger partial charge in [-0.2, -0.15) is 0 Å². The van der Waals surface area contributed by atoms with Crippen molar-refractivity contribution in [3.63, 3.8) is 0 Å². The highest BCUT2D eigenvalue weighted by Crippen LogP contribution is 2.29. The van der Waals surface area contributed by atoms with E-state index in [4.69, 9.17) is 14.2 Å². The molecule has 18 heavy (non-hydrogen) atoms. The average Bonchev–Trinajstić information content (AvgIpc) is 2.37. The van der Waals surface area contributed by atoms with Crippen LogP contribution in [-0.4, -0.2) is 32.2 Å². The fourth-order valence-electron chi connectivity index (χ4n) is 1.79. The van der Waals surface area contributed by atoms with Crippen molar-refractivity contribution >= 4 is 0 Å². The summed E-state index contributed by atoms with van der Waals surface area (Å²) in [5, 5.41) is 10.5. The molecule has 0 fully saturated rings. The van der Waals surface area contributed by atoms with Gasteiger partial charge in [-0.15, -0.1) is 0 Å². The molecule has 0 aliphatic rings. The van der Waals surface area contributed by atoms with Crippen LogP contribution >= 0.6 is 0 Å². The summed E-state index contributed by atoms with van der Waals surface area (Å²) in [5.41, 5.74) is -0.239. The molecule has 0 aliphatic heterocycles. The normalized spacial score (nSPS) is 14.6. The van der Waals surface area contributed by atoms with E-state index in [-0.39, 0.29) is 0 Å². The molecule has 4 nitrogen and oxygen atoms in total. The van der Waals surface area contributed by atoms with E-state index in [1.165, 1.54) is 0 Å². The van der Waals surface area contributed by atoms with E-state index in [0.29, 0.717) is 13.0 Å². The van der Waals surface area contributed by atoms with Gasteiger partial charge in [0, 0.05) is 20.6 Å². The lowest BCUT2D eigenvalue weighted by molar-refractivity contribution is -0.142. The van der Waals surface area contributed by atoms with Crippen LogP contribution in [0.15, 0.2) is 24.3 Å². The second-order valence-electron chi connectivity index (χ2n) is 4.34. The van der Waals surface area contributed by atoms with Crippen molar-refractivity contribution in [2.75, 3.05) is 20.8 Å². The largest absolute Gasteiger partial charge is 0.494 e. The van der Waals surface area contributed by atoms with Crippen molar-refractivity contribution in [3.05, 3.63) is 29.8 Å². The third-order valence-corrected chi connectivity index (χ3v) is 2.86. The highest BCUT2D eigenvalue weighted by molar-refractivity contribution is 5.32. The maximum absolute atomic E-state index is 10.5. The minimum atomic E-state index is -1.02. The Balaban J connectivity index is 2.85. The molecule has 1 unspecified atom stereocenters. The molecule has 0 amide bonds. The first kappa shape index (κ1) is 15.0. The summed E-state index contributed by atoms with van der Waals surface area (Å²) in [6.07, 6.45) is -0.0778. The first-order chi connectivity index (χ1) is 8.53. The summed E-state index contributed by atoms with van der Waals surface area (Å²) >= 11 is 0. The van der Waals surface area contributed by atoms with Crippen LogP contribution in [0.4, 0.5) is 0 Å². The fourth-order valence-corrected chi connectivity index (χ4v) is 1.79. The number of benzene rings is 1. The zero-order chi connectivity index (χ0) is 13.6. The van der Waals surface area contributed by atoms with Crippen LogP contribution in [0.3, 0.4) is 0 Å². The Morgan fingerprint density at radius 3 is 2.50 bits per heavy atom. The minimum Gasteiger partial charge on any atom is -0.494 e. The summed E-state index contributed by atoms with van der Waals surface area (Å²) < 4.78 is 15.7. The predicted octanol–water partition coefficient (Wildman–Crippen LogP) is 2.30. The Morgan fingerprint density at radius 2 is 1.94 bits per heavy atom. The van der Waals surface area contributed by atoms with Crippen LogP contribution in [0.2, 0.25) is 0 Å². The zero-order valence-electron chi connectivity index (χ0n) is 11.5.